The van der Waals surface area contributed by atoms with E-state index in [9.17, 15) is 4.79 Å². The summed E-state index contributed by atoms with van der Waals surface area (Å²) in [4.78, 5) is 22.4. The third-order valence-electron chi connectivity index (χ3n) is 3.28. The Morgan fingerprint density at radius 3 is 2.74 bits per heavy atom. The Kier molecular flexibility index (Phi) is 5.09. The highest BCUT2D eigenvalue weighted by molar-refractivity contribution is 5.91. The van der Waals surface area contributed by atoms with E-state index in [2.05, 4.69) is 25.5 Å². The number of hydrogen-bond acceptors (Lipinski definition) is 5. The molecule has 0 atom stereocenters. The number of likely N-dealkylation sites (tertiary alicyclic amines) is 1. The summed E-state index contributed by atoms with van der Waals surface area (Å²) in [5, 5.41) is 5.74. The summed E-state index contributed by atoms with van der Waals surface area (Å²) < 4.78 is 0. The molecule has 104 valence electrons. The van der Waals surface area contributed by atoms with Crippen LogP contribution in [0.5, 0.6) is 0 Å². The molecular weight excluding hydrogens is 242 g/mol. The highest BCUT2D eigenvalue weighted by atomic mass is 16.1. The summed E-state index contributed by atoms with van der Waals surface area (Å²) >= 11 is 0. The number of hydrogen-bond donors (Lipinski definition) is 2. The number of amides is 1. The average Bonchev–Trinajstić information content (AvgIpc) is 2.96. The third kappa shape index (κ3) is 4.17. The summed E-state index contributed by atoms with van der Waals surface area (Å²) in [6.45, 7) is 4.14. The van der Waals surface area contributed by atoms with Crippen molar-refractivity contribution >= 4 is 11.7 Å². The van der Waals surface area contributed by atoms with E-state index >= 15 is 0 Å². The summed E-state index contributed by atoms with van der Waals surface area (Å²) in [5.74, 6) is 0.502. The van der Waals surface area contributed by atoms with Gasteiger partial charge in [-0.2, -0.15) is 0 Å². The first-order chi connectivity index (χ1) is 9.29. The molecular formula is C13H21N5O. The molecule has 0 saturated carbocycles. The van der Waals surface area contributed by atoms with Gasteiger partial charge in [-0.25, -0.2) is 9.97 Å². The second-order valence-electron chi connectivity index (χ2n) is 4.70. The van der Waals surface area contributed by atoms with Gasteiger partial charge in [0.1, 0.15) is 11.5 Å². The molecule has 0 aromatic carbocycles. The van der Waals surface area contributed by atoms with Gasteiger partial charge in [0.15, 0.2) is 0 Å². The van der Waals surface area contributed by atoms with Crippen LogP contribution in [0.4, 0.5) is 5.82 Å². The summed E-state index contributed by atoms with van der Waals surface area (Å²) in [6.07, 6.45) is 6.63. The van der Waals surface area contributed by atoms with Crippen LogP contribution in [-0.4, -0.2) is 54.0 Å². The zero-order chi connectivity index (χ0) is 13.5. The van der Waals surface area contributed by atoms with Crippen molar-refractivity contribution in [3.63, 3.8) is 0 Å². The van der Waals surface area contributed by atoms with Crippen molar-refractivity contribution in [1.82, 2.24) is 20.2 Å². The average molecular weight is 263 g/mol. The zero-order valence-electron chi connectivity index (χ0n) is 11.4. The highest BCUT2D eigenvalue weighted by Gasteiger charge is 2.11. The van der Waals surface area contributed by atoms with Crippen molar-refractivity contribution < 1.29 is 4.79 Å². The van der Waals surface area contributed by atoms with Crippen LogP contribution in [0.1, 0.15) is 29.8 Å². The molecule has 1 aromatic rings. The Bertz CT molecular complexity index is 400. The summed E-state index contributed by atoms with van der Waals surface area (Å²) in [6, 6.07) is 0. The number of carbonyl (C=O) groups excluding carboxylic acids is 1. The molecule has 1 aromatic heterocycles. The van der Waals surface area contributed by atoms with E-state index in [1.54, 1.807) is 13.2 Å². The van der Waals surface area contributed by atoms with Crippen molar-refractivity contribution in [2.24, 2.45) is 0 Å². The van der Waals surface area contributed by atoms with E-state index in [1.807, 2.05) is 0 Å². The molecule has 19 heavy (non-hydrogen) atoms. The maximum absolute atomic E-state index is 11.8. The summed E-state index contributed by atoms with van der Waals surface area (Å²) in [5.41, 5.74) is 0.361. The molecule has 0 radical (unpaired) electrons. The van der Waals surface area contributed by atoms with Crippen molar-refractivity contribution in [3.8, 4) is 0 Å². The lowest BCUT2D eigenvalue weighted by atomic mass is 10.3. The van der Waals surface area contributed by atoms with Gasteiger partial charge in [-0.3, -0.25) is 4.79 Å². The number of anilines is 1. The molecule has 6 nitrogen and oxygen atoms in total. The Labute approximate surface area is 113 Å². The molecule has 0 spiro atoms. The van der Waals surface area contributed by atoms with Crippen molar-refractivity contribution in [1.29, 1.82) is 0 Å². The molecule has 0 aliphatic carbocycles. The fourth-order valence-corrected chi connectivity index (χ4v) is 2.18. The minimum Gasteiger partial charge on any atom is -0.372 e. The van der Waals surface area contributed by atoms with Gasteiger partial charge in [-0.1, -0.05) is 0 Å². The monoisotopic (exact) mass is 263 g/mol. The van der Waals surface area contributed by atoms with Crippen LogP contribution in [-0.2, 0) is 0 Å². The van der Waals surface area contributed by atoms with Gasteiger partial charge in [-0.05, 0) is 38.9 Å². The number of nitrogens with one attached hydrogen (secondary N) is 2. The fourth-order valence-electron chi connectivity index (χ4n) is 2.18. The maximum Gasteiger partial charge on any atom is 0.271 e. The molecule has 1 aliphatic rings. The van der Waals surface area contributed by atoms with Crippen molar-refractivity contribution in [2.75, 3.05) is 38.5 Å². The van der Waals surface area contributed by atoms with E-state index in [1.165, 1.54) is 32.1 Å². The summed E-state index contributed by atoms with van der Waals surface area (Å²) in [7, 11) is 1.77. The van der Waals surface area contributed by atoms with E-state index in [-0.39, 0.29) is 5.91 Å². The molecule has 1 aliphatic heterocycles. The number of nitrogens with zero attached hydrogens (tertiary/aromatic N) is 3. The molecule has 2 rings (SSSR count). The first-order valence-electron chi connectivity index (χ1n) is 6.80. The van der Waals surface area contributed by atoms with Crippen molar-refractivity contribution in [3.05, 3.63) is 18.1 Å². The van der Waals surface area contributed by atoms with Crippen LogP contribution >= 0.6 is 0 Å². The lowest BCUT2D eigenvalue weighted by molar-refractivity contribution is 0.0946. The second-order valence-corrected chi connectivity index (χ2v) is 4.70. The Morgan fingerprint density at radius 2 is 2.11 bits per heavy atom. The SMILES string of the molecule is CNc1cnc(C(=O)NCCCN2CCCC2)cn1. The van der Waals surface area contributed by atoms with Crippen LogP contribution in [0, 0.1) is 0 Å². The van der Waals surface area contributed by atoms with Crippen molar-refractivity contribution in [2.45, 2.75) is 19.3 Å². The highest BCUT2D eigenvalue weighted by Crippen LogP contribution is 2.07. The number of rotatable bonds is 6. The van der Waals surface area contributed by atoms with Crippen LogP contribution in [0.25, 0.3) is 0 Å². The topological polar surface area (TPSA) is 70.2 Å². The zero-order valence-corrected chi connectivity index (χ0v) is 11.4. The molecule has 0 unspecified atom stereocenters. The quantitative estimate of drug-likeness (QED) is 0.741. The minimum absolute atomic E-state index is 0.156. The predicted molar refractivity (Wildman–Crippen MR) is 74.2 cm³/mol. The first-order valence-corrected chi connectivity index (χ1v) is 6.80. The standard InChI is InChI=1S/C13H21N5O/c1-14-12-10-16-11(9-17-12)13(19)15-5-4-8-18-6-2-3-7-18/h9-10H,2-8H2,1H3,(H,14,17)(H,15,19). The molecule has 1 saturated heterocycles. The van der Waals surface area contributed by atoms with Gasteiger partial charge in [0.25, 0.3) is 5.91 Å². The largest absolute Gasteiger partial charge is 0.372 e. The van der Waals surface area contributed by atoms with Gasteiger partial charge >= 0.3 is 0 Å². The predicted octanol–water partition coefficient (Wildman–Crippen LogP) is 0.734. The lowest BCUT2D eigenvalue weighted by Crippen LogP contribution is -2.29. The molecule has 6 heteroatoms. The minimum atomic E-state index is -0.156. The molecule has 1 fully saturated rings. The van der Waals surface area contributed by atoms with E-state index in [4.69, 9.17) is 0 Å². The van der Waals surface area contributed by atoms with Gasteiger partial charge in [0.2, 0.25) is 0 Å². The van der Waals surface area contributed by atoms with Crippen LogP contribution in [0.3, 0.4) is 0 Å². The first kappa shape index (κ1) is 13.7. The van der Waals surface area contributed by atoms with Gasteiger partial charge < -0.3 is 15.5 Å². The molecule has 2 N–H and O–H groups in total. The van der Waals surface area contributed by atoms with E-state index in [0.29, 0.717) is 18.1 Å². The lowest BCUT2D eigenvalue weighted by Gasteiger charge is -2.14. The van der Waals surface area contributed by atoms with Gasteiger partial charge in [0.05, 0.1) is 12.4 Å². The number of aromatic nitrogens is 2. The smallest absolute Gasteiger partial charge is 0.271 e. The van der Waals surface area contributed by atoms with Gasteiger partial charge in [0, 0.05) is 13.6 Å². The Hall–Kier alpha value is -1.69. The van der Waals surface area contributed by atoms with Crippen LogP contribution in [0.2, 0.25) is 0 Å². The molecule has 2 heterocycles. The third-order valence-corrected chi connectivity index (χ3v) is 3.28. The van der Waals surface area contributed by atoms with Gasteiger partial charge in [-0.15, -0.1) is 0 Å². The Morgan fingerprint density at radius 1 is 1.32 bits per heavy atom. The normalized spacial score (nSPS) is 15.4. The molecule has 1 amide bonds. The second kappa shape index (κ2) is 7.04. The van der Waals surface area contributed by atoms with Crippen LogP contribution in [0.15, 0.2) is 12.4 Å². The van der Waals surface area contributed by atoms with E-state index < -0.39 is 0 Å². The van der Waals surface area contributed by atoms with Crippen LogP contribution < -0.4 is 10.6 Å². The molecule has 0 bridgehead atoms. The number of carbonyl (C=O) groups is 1. The van der Waals surface area contributed by atoms with E-state index in [0.717, 1.165) is 13.0 Å². The Balaban J connectivity index is 1.68. The fraction of sp³-hybridized carbons (Fsp3) is 0.615. The maximum atomic E-state index is 11.8.